The summed E-state index contributed by atoms with van der Waals surface area (Å²) in [6.45, 7) is 0. The van der Waals surface area contributed by atoms with E-state index in [0.29, 0.717) is 0 Å². The fourth-order valence-electron chi connectivity index (χ4n) is 2.51. The highest BCUT2D eigenvalue weighted by Crippen LogP contribution is 2.52. The topological polar surface area (TPSA) is 76.1 Å². The van der Waals surface area contributed by atoms with Crippen molar-refractivity contribution in [3.63, 3.8) is 0 Å². The molecule has 116 valence electrons. The zero-order chi connectivity index (χ0) is 16.3. The second-order valence-corrected chi connectivity index (χ2v) is 4.60. The van der Waals surface area contributed by atoms with Crippen molar-refractivity contribution in [3.05, 3.63) is 46.7 Å². The summed E-state index contributed by atoms with van der Waals surface area (Å²) in [6, 6.07) is 5.42. The minimum absolute atomic E-state index is 0.0624. The molecule has 1 unspecified atom stereocenters. The molecule has 9 heteroatoms. The van der Waals surface area contributed by atoms with Crippen LogP contribution in [0.4, 0.5) is 13.2 Å². The summed E-state index contributed by atoms with van der Waals surface area (Å²) in [5.74, 6) is -4.20. The molecule has 1 aromatic carbocycles. The monoisotopic (exact) mass is 315 g/mol. The number of esters is 1. The lowest BCUT2D eigenvalue weighted by atomic mass is 9.93. The van der Waals surface area contributed by atoms with Crippen LogP contribution in [0.15, 0.2) is 35.6 Å². The summed E-state index contributed by atoms with van der Waals surface area (Å²) in [6.07, 6.45) is -5.08. The number of ether oxygens (including phenoxy) is 1. The zero-order valence-corrected chi connectivity index (χ0v) is 11.0. The lowest BCUT2D eigenvalue weighted by Gasteiger charge is -2.25. The molecule has 0 spiro atoms. The van der Waals surface area contributed by atoms with Gasteiger partial charge in [-0.05, 0) is 6.07 Å². The molecule has 1 aromatic rings. The predicted octanol–water partition coefficient (Wildman–Crippen LogP) is 1.22. The Morgan fingerprint density at radius 3 is 2.59 bits per heavy atom. The highest BCUT2D eigenvalue weighted by Gasteiger charge is 2.65. The third-order valence-corrected chi connectivity index (χ3v) is 3.42. The minimum Gasteiger partial charge on any atom is -0.465 e. The number of halogens is 3. The van der Waals surface area contributed by atoms with E-state index in [4.69, 9.17) is 0 Å². The average Bonchev–Trinajstić information content (AvgIpc) is 2.89. The Kier molecular flexibility index (Phi) is 2.77. The van der Waals surface area contributed by atoms with Gasteiger partial charge in [0.1, 0.15) is 5.57 Å². The number of nitrogens with zero attached hydrogens (tertiary/aromatic N) is 1. The summed E-state index contributed by atoms with van der Waals surface area (Å²) in [7, 11) is 0.859. The minimum atomic E-state index is -5.08. The summed E-state index contributed by atoms with van der Waals surface area (Å²) < 4.78 is 43.5. The maximum atomic E-state index is 13.0. The quantitative estimate of drug-likeness (QED) is 0.789. The first-order valence-corrected chi connectivity index (χ1v) is 5.97. The number of allylic oxidation sites excluding steroid dienone is 1. The van der Waals surface area contributed by atoms with Gasteiger partial charge in [-0.25, -0.2) is 4.79 Å². The molecule has 0 saturated heterocycles. The summed E-state index contributed by atoms with van der Waals surface area (Å²) in [5.41, 5.74) is -4.10. The van der Waals surface area contributed by atoms with Gasteiger partial charge >= 0.3 is 12.1 Å². The Bertz CT molecular complexity index is 727. The van der Waals surface area contributed by atoms with Crippen molar-refractivity contribution in [1.29, 1.82) is 0 Å². The van der Waals surface area contributed by atoms with Crippen LogP contribution in [0.2, 0.25) is 0 Å². The molecule has 1 atom stereocenters. The summed E-state index contributed by atoms with van der Waals surface area (Å²) in [5, 5.41) is 10.8. The van der Waals surface area contributed by atoms with Crippen molar-refractivity contribution in [2.45, 2.75) is 11.9 Å². The molecular formula is C13H8F3NO5. The van der Waals surface area contributed by atoms with Gasteiger partial charge in [0.2, 0.25) is 5.72 Å². The first kappa shape index (κ1) is 14.4. The third-order valence-electron chi connectivity index (χ3n) is 3.42. The van der Waals surface area contributed by atoms with Gasteiger partial charge in [-0.3, -0.25) is 4.79 Å². The highest BCUT2D eigenvalue weighted by molar-refractivity contribution is 6.04. The Balaban J connectivity index is 2.30. The van der Waals surface area contributed by atoms with Crippen molar-refractivity contribution in [2.24, 2.45) is 0 Å². The second kappa shape index (κ2) is 4.23. The van der Waals surface area contributed by atoms with Crippen LogP contribution in [0.25, 0.3) is 0 Å². The number of hydrogen-bond acceptors (Lipinski definition) is 5. The smallest absolute Gasteiger partial charge is 0.453 e. The zero-order valence-electron chi connectivity index (χ0n) is 11.0. The molecular weight excluding hydrogens is 307 g/mol. The lowest BCUT2D eigenvalue weighted by molar-refractivity contribution is -0.223. The van der Waals surface area contributed by atoms with Crippen LogP contribution in [-0.2, 0) is 20.1 Å². The summed E-state index contributed by atoms with van der Waals surface area (Å²) in [4.78, 5) is 28.4. The number of alkyl halides is 3. The van der Waals surface area contributed by atoms with Gasteiger partial charge in [0.25, 0.3) is 11.7 Å². The van der Waals surface area contributed by atoms with Gasteiger partial charge in [0, 0.05) is 5.56 Å². The van der Waals surface area contributed by atoms with Crippen molar-refractivity contribution in [1.82, 2.24) is 5.06 Å². The highest BCUT2D eigenvalue weighted by atomic mass is 19.4. The van der Waals surface area contributed by atoms with E-state index in [1.165, 1.54) is 24.3 Å². The Morgan fingerprint density at radius 1 is 1.36 bits per heavy atom. The number of hydrogen-bond donors (Lipinski definition) is 1. The Hall–Kier alpha value is -2.55. The van der Waals surface area contributed by atoms with Crippen LogP contribution in [0, 0.1) is 0 Å². The van der Waals surface area contributed by atoms with E-state index in [1.807, 2.05) is 0 Å². The molecule has 0 radical (unpaired) electrons. The number of amides is 1. The maximum Gasteiger partial charge on any atom is 0.453 e. The average molecular weight is 315 g/mol. The number of fused-ring (bicyclic) bond motifs is 3. The number of benzene rings is 1. The Labute approximate surface area is 121 Å². The van der Waals surface area contributed by atoms with E-state index in [0.717, 1.165) is 7.11 Å². The second-order valence-electron chi connectivity index (χ2n) is 4.60. The number of carbonyl (C=O) groups excluding carboxylic acids is 2. The fourth-order valence-corrected chi connectivity index (χ4v) is 2.51. The number of aliphatic hydroxyl groups is 1. The number of rotatable bonds is 1. The van der Waals surface area contributed by atoms with Gasteiger partial charge in [-0.1, -0.05) is 18.2 Å². The van der Waals surface area contributed by atoms with Crippen LogP contribution >= 0.6 is 0 Å². The first-order chi connectivity index (χ1) is 10.2. The largest absolute Gasteiger partial charge is 0.465 e. The molecule has 0 bridgehead atoms. The van der Waals surface area contributed by atoms with Crippen LogP contribution in [0.3, 0.4) is 0 Å². The molecule has 2 aliphatic rings. The predicted molar refractivity (Wildman–Crippen MR) is 62.7 cm³/mol. The van der Waals surface area contributed by atoms with Crippen LogP contribution in [0.1, 0.15) is 15.9 Å². The van der Waals surface area contributed by atoms with E-state index >= 15 is 0 Å². The van der Waals surface area contributed by atoms with Crippen LogP contribution in [0.5, 0.6) is 0 Å². The number of hydroxylamine groups is 2. The lowest BCUT2D eigenvalue weighted by Crippen LogP contribution is -2.42. The molecule has 3 rings (SSSR count). The maximum absolute atomic E-state index is 13.0. The van der Waals surface area contributed by atoms with E-state index in [1.54, 1.807) is 0 Å². The molecule has 1 amide bonds. The Morgan fingerprint density at radius 2 is 2.00 bits per heavy atom. The van der Waals surface area contributed by atoms with Gasteiger partial charge in [0.05, 0.1) is 12.7 Å². The normalized spacial score (nSPS) is 23.3. The summed E-state index contributed by atoms with van der Waals surface area (Å²) >= 11 is 0. The van der Waals surface area contributed by atoms with Crippen LogP contribution < -0.4 is 0 Å². The van der Waals surface area contributed by atoms with Gasteiger partial charge < -0.3 is 14.7 Å². The SMILES string of the molecule is COC(=O)C1=C(C(F)(F)F)ON2C(=O)c3ccccc3C12O. The number of carbonyl (C=O) groups is 2. The molecule has 0 aliphatic carbocycles. The molecule has 6 nitrogen and oxygen atoms in total. The molecule has 2 heterocycles. The van der Waals surface area contributed by atoms with Crippen molar-refractivity contribution < 1.29 is 37.4 Å². The molecule has 22 heavy (non-hydrogen) atoms. The van der Waals surface area contributed by atoms with Gasteiger partial charge in [0.15, 0.2) is 0 Å². The van der Waals surface area contributed by atoms with Crippen molar-refractivity contribution in [2.75, 3.05) is 7.11 Å². The van der Waals surface area contributed by atoms with E-state index in [2.05, 4.69) is 9.57 Å². The molecule has 1 N–H and O–H groups in total. The number of methoxy groups -OCH3 is 1. The first-order valence-electron chi connectivity index (χ1n) is 5.97. The van der Waals surface area contributed by atoms with Crippen molar-refractivity contribution >= 4 is 11.9 Å². The van der Waals surface area contributed by atoms with E-state index in [-0.39, 0.29) is 16.2 Å². The molecule has 0 aromatic heterocycles. The standard InChI is InChI=1S/C13H8F3NO5/c1-21-11(19)8-9(13(14,15)16)22-17-10(18)6-4-2-3-5-7(6)12(8,17)20/h2-5,20H,1H3. The van der Waals surface area contributed by atoms with E-state index < -0.39 is 35.1 Å². The molecule has 0 saturated carbocycles. The van der Waals surface area contributed by atoms with Crippen molar-refractivity contribution in [3.8, 4) is 0 Å². The van der Waals surface area contributed by atoms with E-state index in [9.17, 15) is 27.9 Å². The fraction of sp³-hybridized carbons (Fsp3) is 0.231. The molecule has 0 fully saturated rings. The van der Waals surface area contributed by atoms with Gasteiger partial charge in [-0.2, -0.15) is 13.2 Å². The molecule has 2 aliphatic heterocycles. The van der Waals surface area contributed by atoms with Gasteiger partial charge in [-0.15, -0.1) is 5.06 Å². The third kappa shape index (κ3) is 1.59. The van der Waals surface area contributed by atoms with Crippen LogP contribution in [-0.4, -0.2) is 35.3 Å².